The molecule has 0 N–H and O–H groups in total. The van der Waals surface area contributed by atoms with Crippen molar-refractivity contribution in [3.8, 4) is 0 Å². The second-order valence-electron chi connectivity index (χ2n) is 8.57. The lowest BCUT2D eigenvalue weighted by Crippen LogP contribution is -2.59. The molecule has 6 aliphatic rings. The highest BCUT2D eigenvalue weighted by atomic mass is 17.0. The van der Waals surface area contributed by atoms with E-state index < -0.39 is 6.16 Å². The summed E-state index contributed by atoms with van der Waals surface area (Å²) >= 11 is 0. The summed E-state index contributed by atoms with van der Waals surface area (Å²) in [5, 5.41) is 0. The molecule has 0 aromatic rings. The molecule has 6 fully saturated rings. The van der Waals surface area contributed by atoms with Gasteiger partial charge in [0, 0.05) is 10.8 Å². The minimum absolute atomic E-state index is 0.0880. The van der Waals surface area contributed by atoms with Crippen LogP contribution in [0.1, 0.15) is 38.5 Å². The highest BCUT2D eigenvalue weighted by Crippen LogP contribution is 2.52. The van der Waals surface area contributed by atoms with Gasteiger partial charge in [0.15, 0.2) is 0 Å². The van der Waals surface area contributed by atoms with Crippen LogP contribution in [0.15, 0.2) is 0 Å². The average molecular weight is 324 g/mol. The molecule has 2 aliphatic carbocycles. The molecule has 0 amide bonds. The summed E-state index contributed by atoms with van der Waals surface area (Å²) in [5.74, 6) is 0. The first-order valence-corrected chi connectivity index (χ1v) is 9.04. The van der Waals surface area contributed by atoms with Crippen LogP contribution >= 0.6 is 0 Å². The standard InChI is InChI=1S/C17H24O6/c1-3-15(5-13-11(1)22-13)7-18-17(19-8-15)20-9-16(10-21-17)4-2-12-14(6-16)23-12/h11-14H,1-10H2/t11-,12?,13?,14?,15?,16?,17?/m1/s1. The van der Waals surface area contributed by atoms with Crippen LogP contribution in [0.4, 0.5) is 0 Å². The molecule has 6 heteroatoms. The first kappa shape index (κ1) is 14.0. The largest absolute Gasteiger partial charge is 0.412 e. The third-order valence-corrected chi connectivity index (χ3v) is 6.78. The van der Waals surface area contributed by atoms with Crippen LogP contribution in [0.2, 0.25) is 0 Å². The molecule has 4 saturated heterocycles. The number of epoxide rings is 2. The van der Waals surface area contributed by atoms with Crippen molar-refractivity contribution in [3.63, 3.8) is 0 Å². The molecule has 4 atom stereocenters. The van der Waals surface area contributed by atoms with Gasteiger partial charge in [0.1, 0.15) is 0 Å². The van der Waals surface area contributed by atoms with Gasteiger partial charge < -0.3 is 28.4 Å². The Balaban J connectivity index is 1.10. The Labute approximate surface area is 135 Å². The van der Waals surface area contributed by atoms with Crippen LogP contribution in [-0.4, -0.2) is 57.0 Å². The fourth-order valence-electron chi connectivity index (χ4n) is 5.00. The molecule has 3 unspecified atom stereocenters. The highest BCUT2D eigenvalue weighted by molar-refractivity contribution is 5.01. The Morgan fingerprint density at radius 1 is 0.565 bits per heavy atom. The Morgan fingerprint density at radius 3 is 1.39 bits per heavy atom. The average Bonchev–Trinajstić information content (AvgIpc) is 3.48. The van der Waals surface area contributed by atoms with Gasteiger partial charge in [-0.25, -0.2) is 0 Å². The molecule has 6 nitrogen and oxygen atoms in total. The van der Waals surface area contributed by atoms with Crippen LogP contribution in [-0.2, 0) is 28.4 Å². The van der Waals surface area contributed by atoms with E-state index in [1.54, 1.807) is 0 Å². The summed E-state index contributed by atoms with van der Waals surface area (Å²) in [6.45, 7) is 2.56. The summed E-state index contributed by atoms with van der Waals surface area (Å²) in [6, 6.07) is 0. The zero-order valence-corrected chi connectivity index (χ0v) is 13.3. The number of ether oxygens (including phenoxy) is 6. The zero-order chi connectivity index (χ0) is 15.1. The van der Waals surface area contributed by atoms with E-state index in [9.17, 15) is 0 Å². The van der Waals surface area contributed by atoms with Crippen LogP contribution < -0.4 is 0 Å². The quantitative estimate of drug-likeness (QED) is 0.630. The molecule has 0 radical (unpaired) electrons. The van der Waals surface area contributed by atoms with Gasteiger partial charge >= 0.3 is 6.16 Å². The topological polar surface area (TPSA) is 62.0 Å². The van der Waals surface area contributed by atoms with E-state index in [2.05, 4.69) is 0 Å². The third kappa shape index (κ3) is 2.23. The molecule has 0 aromatic carbocycles. The van der Waals surface area contributed by atoms with E-state index in [1.807, 2.05) is 0 Å². The van der Waals surface area contributed by atoms with Crippen LogP contribution in [0.25, 0.3) is 0 Å². The summed E-state index contributed by atoms with van der Waals surface area (Å²) in [7, 11) is 0. The van der Waals surface area contributed by atoms with Gasteiger partial charge in [-0.2, -0.15) is 0 Å². The van der Waals surface area contributed by atoms with Crippen molar-refractivity contribution in [1.29, 1.82) is 0 Å². The van der Waals surface area contributed by atoms with Gasteiger partial charge in [0.25, 0.3) is 0 Å². The minimum Gasteiger partial charge on any atom is -0.370 e. The summed E-state index contributed by atoms with van der Waals surface area (Å²) in [6.07, 6.45) is 7.12. The summed E-state index contributed by atoms with van der Waals surface area (Å²) in [4.78, 5) is 0. The fourth-order valence-corrected chi connectivity index (χ4v) is 5.00. The Bertz CT molecular complexity index is 456. The van der Waals surface area contributed by atoms with Crippen molar-refractivity contribution in [2.45, 2.75) is 69.1 Å². The Kier molecular flexibility index (Phi) is 2.72. The molecular weight excluding hydrogens is 300 g/mol. The summed E-state index contributed by atoms with van der Waals surface area (Å²) < 4.78 is 35.2. The van der Waals surface area contributed by atoms with E-state index in [1.165, 1.54) is 0 Å². The normalized spacial score (nSPS) is 60.5. The van der Waals surface area contributed by atoms with Crippen LogP contribution in [0.5, 0.6) is 0 Å². The Hall–Kier alpha value is -0.240. The van der Waals surface area contributed by atoms with Crippen molar-refractivity contribution >= 4 is 0 Å². The van der Waals surface area contributed by atoms with E-state index in [-0.39, 0.29) is 10.8 Å². The lowest BCUT2D eigenvalue weighted by atomic mass is 9.74. The number of rotatable bonds is 0. The predicted molar refractivity (Wildman–Crippen MR) is 76.4 cm³/mol. The lowest BCUT2D eigenvalue weighted by Gasteiger charge is -2.50. The van der Waals surface area contributed by atoms with Gasteiger partial charge in [-0.3, -0.25) is 0 Å². The van der Waals surface area contributed by atoms with Crippen molar-refractivity contribution in [2.24, 2.45) is 10.8 Å². The van der Waals surface area contributed by atoms with Crippen LogP contribution in [0.3, 0.4) is 0 Å². The van der Waals surface area contributed by atoms with E-state index >= 15 is 0 Å². The second-order valence-corrected chi connectivity index (χ2v) is 8.57. The van der Waals surface area contributed by atoms with Gasteiger partial charge in [-0.15, -0.1) is 0 Å². The summed E-state index contributed by atoms with van der Waals surface area (Å²) in [5.41, 5.74) is 0.176. The monoisotopic (exact) mass is 324 g/mol. The first-order chi connectivity index (χ1) is 11.2. The van der Waals surface area contributed by atoms with Gasteiger partial charge in [-0.1, -0.05) is 0 Å². The molecule has 4 aliphatic heterocycles. The maximum atomic E-state index is 5.98. The van der Waals surface area contributed by atoms with E-state index in [4.69, 9.17) is 28.4 Å². The highest BCUT2D eigenvalue weighted by Gasteiger charge is 2.59. The molecule has 3 spiro atoms. The first-order valence-electron chi connectivity index (χ1n) is 9.04. The number of hydrogen-bond acceptors (Lipinski definition) is 6. The van der Waals surface area contributed by atoms with Crippen LogP contribution in [0, 0.1) is 10.8 Å². The minimum atomic E-state index is -1.26. The molecule has 128 valence electrons. The molecule has 0 bridgehead atoms. The lowest BCUT2D eigenvalue weighted by molar-refractivity contribution is -0.548. The van der Waals surface area contributed by atoms with Crippen molar-refractivity contribution in [3.05, 3.63) is 0 Å². The molecular formula is C17H24O6. The molecule has 6 rings (SSSR count). The molecule has 0 aromatic heterocycles. The second kappa shape index (κ2) is 4.48. The van der Waals surface area contributed by atoms with E-state index in [0.717, 1.165) is 38.5 Å². The van der Waals surface area contributed by atoms with E-state index in [0.29, 0.717) is 50.8 Å². The smallest absolute Gasteiger partial charge is 0.370 e. The van der Waals surface area contributed by atoms with Crippen molar-refractivity contribution in [1.82, 2.24) is 0 Å². The van der Waals surface area contributed by atoms with Gasteiger partial charge in [-0.05, 0) is 38.5 Å². The van der Waals surface area contributed by atoms with Gasteiger partial charge in [0.2, 0.25) is 0 Å². The number of fused-ring (bicyclic) bond motifs is 2. The zero-order valence-electron chi connectivity index (χ0n) is 13.3. The SMILES string of the molecule is C1CC2(COC3(OC2)OCC2(CC[C@H]4OC4C2)CO3)CC2OC12. The maximum Gasteiger partial charge on any atom is 0.412 e. The molecule has 4 heterocycles. The predicted octanol–water partition coefficient (Wildman–Crippen LogP) is 1.57. The Morgan fingerprint density at radius 2 is 1.00 bits per heavy atom. The van der Waals surface area contributed by atoms with Crippen molar-refractivity contribution in [2.75, 3.05) is 26.4 Å². The molecule has 23 heavy (non-hydrogen) atoms. The number of hydrogen-bond donors (Lipinski definition) is 0. The third-order valence-electron chi connectivity index (χ3n) is 6.78. The van der Waals surface area contributed by atoms with Crippen molar-refractivity contribution < 1.29 is 28.4 Å². The maximum absolute atomic E-state index is 5.98. The fraction of sp³-hybridized carbons (Fsp3) is 1.00. The van der Waals surface area contributed by atoms with Gasteiger partial charge in [0.05, 0.1) is 50.8 Å². The molecule has 2 saturated carbocycles.